The molecule has 0 atom stereocenters. The van der Waals surface area contributed by atoms with Crippen LogP contribution >= 0.6 is 11.6 Å². The Morgan fingerprint density at radius 3 is 2.07 bits per heavy atom. The van der Waals surface area contributed by atoms with Crippen LogP contribution < -0.4 is 4.31 Å². The average Bonchev–Trinajstić information content (AvgIpc) is 2.67. The molecule has 0 heterocycles. The van der Waals surface area contributed by atoms with Gasteiger partial charge in [0.05, 0.1) is 17.1 Å². The summed E-state index contributed by atoms with van der Waals surface area (Å²) in [5, 5.41) is 19.0. The van der Waals surface area contributed by atoms with Crippen LogP contribution in [0.15, 0.2) is 83.8 Å². The summed E-state index contributed by atoms with van der Waals surface area (Å²) in [5.41, 5.74) is 1.26. The molecule has 7 heteroatoms. The van der Waals surface area contributed by atoms with Crippen LogP contribution in [0.1, 0.15) is 17.4 Å². The normalized spacial score (nSPS) is 11.6. The predicted molar refractivity (Wildman–Crippen MR) is 105 cm³/mol. The molecule has 0 spiro atoms. The molecule has 5 nitrogen and oxygen atoms in total. The number of sulfonamides is 1. The zero-order valence-corrected chi connectivity index (χ0v) is 15.8. The molecule has 0 bridgehead atoms. The van der Waals surface area contributed by atoms with Crippen LogP contribution in [-0.4, -0.2) is 18.6 Å². The first kappa shape index (κ1) is 19.4. The Balaban J connectivity index is 2.09. The quantitative estimate of drug-likeness (QED) is 0.615. The highest BCUT2D eigenvalue weighted by Crippen LogP contribution is 2.30. The molecule has 140 valence electrons. The molecule has 0 unspecified atom stereocenters. The molecule has 27 heavy (non-hydrogen) atoms. The third-order valence-electron chi connectivity index (χ3n) is 4.05. The lowest BCUT2D eigenvalue weighted by Crippen LogP contribution is -2.30. The topological polar surface area (TPSA) is 77.8 Å². The van der Waals surface area contributed by atoms with E-state index < -0.39 is 16.3 Å². The minimum atomic E-state index is -3.97. The number of para-hydroxylation sites is 1. The molecule has 0 saturated carbocycles. The van der Waals surface area contributed by atoms with Crippen LogP contribution in [0.5, 0.6) is 0 Å². The number of nitrogens with zero attached hydrogens (tertiary/aromatic N) is 1. The van der Waals surface area contributed by atoms with Crippen molar-refractivity contribution in [3.63, 3.8) is 0 Å². The zero-order valence-electron chi connectivity index (χ0n) is 14.2. The van der Waals surface area contributed by atoms with Gasteiger partial charge in [0.2, 0.25) is 0 Å². The third kappa shape index (κ3) is 4.31. The van der Waals surface area contributed by atoms with E-state index in [1.165, 1.54) is 22.5 Å². The monoisotopic (exact) mass is 403 g/mol. The van der Waals surface area contributed by atoms with Gasteiger partial charge in [-0.1, -0.05) is 60.1 Å². The number of aliphatic hydroxyl groups is 2. The molecular formula is C20H18ClNO4S. The molecule has 0 saturated heterocycles. The van der Waals surface area contributed by atoms with Crippen LogP contribution in [0.4, 0.5) is 5.69 Å². The van der Waals surface area contributed by atoms with Crippen molar-refractivity contribution < 1.29 is 18.6 Å². The van der Waals surface area contributed by atoms with E-state index >= 15 is 0 Å². The Bertz CT molecular complexity index is 1010. The number of benzene rings is 3. The summed E-state index contributed by atoms with van der Waals surface area (Å²) >= 11 is 5.94. The standard InChI is InChI=1S/C20H18ClNO4S/c21-19-12-11-17(13-18(19)20(23)24)27(25,26)22(16-9-5-2-6-10-16)14-15-7-3-1-4-8-15/h1-13,20,23-24H,14H2. The minimum Gasteiger partial charge on any atom is -0.364 e. The van der Waals surface area contributed by atoms with Crippen LogP contribution in [0.3, 0.4) is 0 Å². The molecule has 3 rings (SSSR count). The second-order valence-electron chi connectivity index (χ2n) is 5.89. The van der Waals surface area contributed by atoms with Gasteiger partial charge in [-0.05, 0) is 35.9 Å². The largest absolute Gasteiger partial charge is 0.364 e. The molecule has 0 aliphatic carbocycles. The summed E-state index contributed by atoms with van der Waals surface area (Å²) in [4.78, 5) is -0.0743. The number of rotatable bonds is 6. The Kier molecular flexibility index (Phi) is 5.82. The van der Waals surface area contributed by atoms with E-state index in [1.54, 1.807) is 30.3 Å². The number of halogens is 1. The SMILES string of the molecule is O=S(=O)(c1ccc(Cl)c(C(O)O)c1)N(Cc1ccccc1)c1ccccc1. The number of hydrogen-bond acceptors (Lipinski definition) is 4. The van der Waals surface area contributed by atoms with Crippen LogP contribution in [0, 0.1) is 0 Å². The van der Waals surface area contributed by atoms with Crippen LogP contribution in [-0.2, 0) is 16.6 Å². The van der Waals surface area contributed by atoms with E-state index in [2.05, 4.69) is 0 Å². The van der Waals surface area contributed by atoms with E-state index in [0.29, 0.717) is 5.69 Å². The first-order chi connectivity index (χ1) is 12.9. The van der Waals surface area contributed by atoms with E-state index in [9.17, 15) is 18.6 Å². The van der Waals surface area contributed by atoms with Gasteiger partial charge in [0.1, 0.15) is 0 Å². The Hall–Kier alpha value is -2.38. The second-order valence-corrected chi connectivity index (χ2v) is 8.16. The fourth-order valence-electron chi connectivity index (χ4n) is 2.67. The molecule has 3 aromatic rings. The highest BCUT2D eigenvalue weighted by Gasteiger charge is 2.26. The summed E-state index contributed by atoms with van der Waals surface area (Å²) in [5.74, 6) is 0. The molecule has 2 N–H and O–H groups in total. The van der Waals surface area contributed by atoms with E-state index in [-0.39, 0.29) is 22.0 Å². The first-order valence-corrected chi connectivity index (χ1v) is 9.98. The van der Waals surface area contributed by atoms with Gasteiger partial charge in [-0.25, -0.2) is 8.42 Å². The Morgan fingerprint density at radius 1 is 0.889 bits per heavy atom. The van der Waals surface area contributed by atoms with Crippen molar-refractivity contribution in [2.75, 3.05) is 4.31 Å². The van der Waals surface area contributed by atoms with Crippen LogP contribution in [0.2, 0.25) is 5.02 Å². The van der Waals surface area contributed by atoms with E-state index in [4.69, 9.17) is 11.6 Å². The summed E-state index contributed by atoms with van der Waals surface area (Å²) in [6, 6.07) is 21.8. The molecule has 0 aliphatic rings. The van der Waals surface area contributed by atoms with Gasteiger partial charge < -0.3 is 10.2 Å². The molecule has 3 aromatic carbocycles. The highest BCUT2D eigenvalue weighted by molar-refractivity contribution is 7.92. The van der Waals surface area contributed by atoms with Gasteiger partial charge in [-0.2, -0.15) is 0 Å². The zero-order chi connectivity index (χ0) is 19.4. The molecule has 0 fully saturated rings. The van der Waals surface area contributed by atoms with Crippen molar-refractivity contribution in [1.82, 2.24) is 0 Å². The molecule has 0 aromatic heterocycles. The summed E-state index contributed by atoms with van der Waals surface area (Å²) in [6.45, 7) is 0.132. The van der Waals surface area contributed by atoms with Gasteiger partial charge >= 0.3 is 0 Å². The predicted octanol–water partition coefficient (Wildman–Crippen LogP) is 3.72. The maximum Gasteiger partial charge on any atom is 0.264 e. The van der Waals surface area contributed by atoms with Gasteiger partial charge in [0.25, 0.3) is 10.0 Å². The van der Waals surface area contributed by atoms with Gasteiger partial charge in [-0.15, -0.1) is 0 Å². The van der Waals surface area contributed by atoms with Gasteiger partial charge in [0.15, 0.2) is 6.29 Å². The van der Waals surface area contributed by atoms with Gasteiger partial charge in [-0.3, -0.25) is 4.31 Å². The van der Waals surface area contributed by atoms with E-state index in [1.807, 2.05) is 30.3 Å². The lowest BCUT2D eigenvalue weighted by Gasteiger charge is -2.25. The van der Waals surface area contributed by atoms with Crippen molar-refractivity contribution in [2.24, 2.45) is 0 Å². The maximum atomic E-state index is 13.3. The molecular weight excluding hydrogens is 386 g/mol. The summed E-state index contributed by atoms with van der Waals surface area (Å²) in [7, 11) is -3.97. The first-order valence-electron chi connectivity index (χ1n) is 8.17. The smallest absolute Gasteiger partial charge is 0.264 e. The minimum absolute atomic E-state index is 0.0644. The summed E-state index contributed by atoms with van der Waals surface area (Å²) < 4.78 is 28.0. The molecule has 0 aliphatic heterocycles. The summed E-state index contributed by atoms with van der Waals surface area (Å²) in [6.07, 6.45) is -1.87. The fraction of sp³-hybridized carbons (Fsp3) is 0.100. The van der Waals surface area contributed by atoms with Crippen molar-refractivity contribution in [3.8, 4) is 0 Å². The van der Waals surface area contributed by atoms with Crippen molar-refractivity contribution in [3.05, 3.63) is 95.0 Å². The molecule has 0 amide bonds. The van der Waals surface area contributed by atoms with Crippen molar-refractivity contribution >= 4 is 27.3 Å². The van der Waals surface area contributed by atoms with Crippen molar-refractivity contribution in [1.29, 1.82) is 0 Å². The number of aliphatic hydroxyl groups excluding tert-OH is 1. The van der Waals surface area contributed by atoms with Crippen LogP contribution in [0.25, 0.3) is 0 Å². The van der Waals surface area contributed by atoms with Crippen molar-refractivity contribution in [2.45, 2.75) is 17.7 Å². The Labute approximate surface area is 163 Å². The number of anilines is 1. The highest BCUT2D eigenvalue weighted by atomic mass is 35.5. The lowest BCUT2D eigenvalue weighted by atomic mass is 10.2. The number of hydrogen-bond donors (Lipinski definition) is 2. The third-order valence-corrected chi connectivity index (χ3v) is 6.16. The Morgan fingerprint density at radius 2 is 1.48 bits per heavy atom. The van der Waals surface area contributed by atoms with E-state index in [0.717, 1.165) is 5.56 Å². The second kappa shape index (κ2) is 8.10. The average molecular weight is 404 g/mol. The van der Waals surface area contributed by atoms with Gasteiger partial charge in [0, 0.05) is 10.6 Å². The fourth-order valence-corrected chi connectivity index (χ4v) is 4.37. The molecule has 0 radical (unpaired) electrons. The lowest BCUT2D eigenvalue weighted by molar-refractivity contribution is -0.0425. The maximum absolute atomic E-state index is 13.3.